The van der Waals surface area contributed by atoms with Crippen molar-refractivity contribution in [3.63, 3.8) is 0 Å². The molecule has 1 aliphatic rings. The highest BCUT2D eigenvalue weighted by Gasteiger charge is 1.96. The minimum Gasteiger partial charge on any atom is -0.334 e. The summed E-state index contributed by atoms with van der Waals surface area (Å²) >= 11 is 0. The molecule has 3 heteroatoms. The van der Waals surface area contributed by atoms with Gasteiger partial charge < -0.3 is 4.89 Å². The Morgan fingerprint density at radius 1 is 1.67 bits per heavy atom. The van der Waals surface area contributed by atoms with Crippen LogP contribution in [0, 0.1) is 0 Å². The van der Waals surface area contributed by atoms with Gasteiger partial charge in [0.25, 0.3) is 0 Å². The second-order valence-electron chi connectivity index (χ2n) is 1.48. The highest BCUT2D eigenvalue weighted by atomic mass is 17.2. The Bertz CT molecular complexity index is 158. The molecule has 48 valence electrons. The van der Waals surface area contributed by atoms with Gasteiger partial charge in [-0.05, 0) is 6.08 Å². The zero-order valence-electron chi connectivity index (χ0n) is 4.74. The van der Waals surface area contributed by atoms with Crippen LogP contribution in [0.25, 0.3) is 0 Å². The van der Waals surface area contributed by atoms with Crippen molar-refractivity contribution in [3.8, 4) is 0 Å². The van der Waals surface area contributed by atoms with Gasteiger partial charge in [0.15, 0.2) is 6.29 Å². The zero-order chi connectivity index (χ0) is 6.53. The fraction of sp³-hybridized carbons (Fsp3) is 0.167. The van der Waals surface area contributed by atoms with E-state index < -0.39 is 0 Å². The molecule has 0 N–H and O–H groups in total. The van der Waals surface area contributed by atoms with Gasteiger partial charge in [-0.1, -0.05) is 12.2 Å². The summed E-state index contributed by atoms with van der Waals surface area (Å²) in [5.41, 5.74) is 0. The second-order valence-corrected chi connectivity index (χ2v) is 1.48. The van der Waals surface area contributed by atoms with Gasteiger partial charge in [0.2, 0.25) is 5.76 Å². The van der Waals surface area contributed by atoms with E-state index in [1.165, 1.54) is 0 Å². The Labute approximate surface area is 52.5 Å². The van der Waals surface area contributed by atoms with Crippen LogP contribution in [0.15, 0.2) is 24.0 Å². The van der Waals surface area contributed by atoms with Crippen LogP contribution in [0.3, 0.4) is 0 Å². The smallest absolute Gasteiger partial charge is 0.204 e. The Morgan fingerprint density at radius 3 is 3.33 bits per heavy atom. The third-order valence-corrected chi connectivity index (χ3v) is 0.832. The van der Waals surface area contributed by atoms with Gasteiger partial charge in [-0.25, -0.2) is 0 Å². The summed E-state index contributed by atoms with van der Waals surface area (Å²) in [6, 6.07) is 0. The van der Waals surface area contributed by atoms with E-state index >= 15 is 0 Å². The molecule has 3 nitrogen and oxygen atoms in total. The van der Waals surface area contributed by atoms with E-state index in [9.17, 15) is 4.79 Å². The van der Waals surface area contributed by atoms with Gasteiger partial charge in [-0.3, -0.25) is 4.79 Å². The van der Waals surface area contributed by atoms with E-state index in [2.05, 4.69) is 9.78 Å². The van der Waals surface area contributed by atoms with E-state index in [0.717, 1.165) is 0 Å². The molecular weight excluding hydrogens is 120 g/mol. The van der Waals surface area contributed by atoms with Crippen molar-refractivity contribution < 1.29 is 14.6 Å². The van der Waals surface area contributed by atoms with Gasteiger partial charge in [-0.15, -0.1) is 0 Å². The summed E-state index contributed by atoms with van der Waals surface area (Å²) in [6.45, 7) is 0.383. The van der Waals surface area contributed by atoms with Crippen LogP contribution in [0.2, 0.25) is 0 Å². The van der Waals surface area contributed by atoms with Crippen LogP contribution in [0.5, 0.6) is 0 Å². The molecule has 9 heavy (non-hydrogen) atoms. The summed E-state index contributed by atoms with van der Waals surface area (Å²) < 4.78 is 0. The highest BCUT2D eigenvalue weighted by molar-refractivity contribution is 5.70. The standard InChI is InChI=1S/C6H6O3/c7-5-6-3-1-2-4-8-9-6/h1-3,5H,4H2. The lowest BCUT2D eigenvalue weighted by molar-refractivity contribution is -0.248. The minimum atomic E-state index is 0.198. The van der Waals surface area contributed by atoms with Gasteiger partial charge in [0.05, 0.1) is 0 Å². The Morgan fingerprint density at radius 2 is 2.56 bits per heavy atom. The first-order valence-electron chi connectivity index (χ1n) is 2.55. The molecule has 0 aromatic heterocycles. The van der Waals surface area contributed by atoms with Crippen molar-refractivity contribution >= 4 is 6.29 Å². The molecule has 0 aliphatic carbocycles. The maximum Gasteiger partial charge on any atom is 0.204 e. The molecule has 1 rings (SSSR count). The van der Waals surface area contributed by atoms with E-state index in [0.29, 0.717) is 12.9 Å². The predicted octanol–water partition coefficient (Wildman–Crippen LogP) is 0.587. The summed E-state index contributed by atoms with van der Waals surface area (Å²) in [5.74, 6) is 0.198. The fourth-order valence-corrected chi connectivity index (χ4v) is 0.446. The fourth-order valence-electron chi connectivity index (χ4n) is 0.446. The number of aldehydes is 1. The average Bonchev–Trinajstić information content (AvgIpc) is 2.13. The Hall–Kier alpha value is -1.09. The quantitative estimate of drug-likeness (QED) is 0.381. The lowest BCUT2D eigenvalue weighted by Crippen LogP contribution is -1.92. The van der Waals surface area contributed by atoms with Crippen molar-refractivity contribution in [2.24, 2.45) is 0 Å². The number of carbonyl (C=O) groups is 1. The number of hydrogen-bond acceptors (Lipinski definition) is 3. The first-order valence-corrected chi connectivity index (χ1v) is 2.55. The highest BCUT2D eigenvalue weighted by Crippen LogP contribution is 1.98. The number of hydrogen-bond donors (Lipinski definition) is 0. The van der Waals surface area contributed by atoms with Crippen molar-refractivity contribution in [1.82, 2.24) is 0 Å². The lowest BCUT2D eigenvalue weighted by atomic mass is 10.4. The Kier molecular flexibility index (Phi) is 2.04. The third-order valence-electron chi connectivity index (χ3n) is 0.832. The monoisotopic (exact) mass is 126 g/mol. The number of rotatable bonds is 1. The number of allylic oxidation sites excluding steroid dienone is 3. The third kappa shape index (κ3) is 1.70. The average molecular weight is 126 g/mol. The van der Waals surface area contributed by atoms with Crippen molar-refractivity contribution in [2.45, 2.75) is 0 Å². The molecular formula is C6H6O3. The molecule has 0 aromatic rings. The molecule has 0 unspecified atom stereocenters. The van der Waals surface area contributed by atoms with Crippen molar-refractivity contribution in [1.29, 1.82) is 0 Å². The molecule has 0 amide bonds. The second kappa shape index (κ2) is 3.04. The van der Waals surface area contributed by atoms with E-state index in [4.69, 9.17) is 0 Å². The maximum atomic E-state index is 10.0. The molecule has 0 spiro atoms. The normalized spacial score (nSPS) is 17.6. The summed E-state index contributed by atoms with van der Waals surface area (Å²) in [4.78, 5) is 19.0. The van der Waals surface area contributed by atoms with E-state index in [-0.39, 0.29) is 5.76 Å². The molecule has 0 aromatic carbocycles. The first-order chi connectivity index (χ1) is 4.43. The predicted molar refractivity (Wildman–Crippen MR) is 30.3 cm³/mol. The maximum absolute atomic E-state index is 10.0. The van der Waals surface area contributed by atoms with Crippen LogP contribution in [-0.4, -0.2) is 12.9 Å². The van der Waals surface area contributed by atoms with Crippen LogP contribution in [0.4, 0.5) is 0 Å². The van der Waals surface area contributed by atoms with Gasteiger partial charge >= 0.3 is 0 Å². The molecule has 1 aliphatic heterocycles. The molecule has 0 saturated carbocycles. The Balaban J connectivity index is 2.59. The topological polar surface area (TPSA) is 35.5 Å². The summed E-state index contributed by atoms with van der Waals surface area (Å²) in [7, 11) is 0. The molecule has 0 saturated heterocycles. The largest absolute Gasteiger partial charge is 0.334 e. The van der Waals surface area contributed by atoms with Crippen molar-refractivity contribution in [2.75, 3.05) is 6.61 Å². The summed E-state index contributed by atoms with van der Waals surface area (Å²) in [6.07, 6.45) is 5.59. The van der Waals surface area contributed by atoms with Gasteiger partial charge in [0, 0.05) is 0 Å². The van der Waals surface area contributed by atoms with Crippen LogP contribution < -0.4 is 0 Å². The molecule has 0 bridgehead atoms. The summed E-state index contributed by atoms with van der Waals surface area (Å²) in [5, 5.41) is 0. The first kappa shape index (κ1) is 6.04. The van der Waals surface area contributed by atoms with Crippen molar-refractivity contribution in [3.05, 3.63) is 24.0 Å². The minimum absolute atomic E-state index is 0.198. The zero-order valence-corrected chi connectivity index (χ0v) is 4.74. The van der Waals surface area contributed by atoms with Crippen LogP contribution in [0.1, 0.15) is 0 Å². The molecule has 0 fully saturated rings. The SMILES string of the molecule is O=CC1=CC=CCOO1. The van der Waals surface area contributed by atoms with Crippen LogP contribution in [-0.2, 0) is 14.6 Å². The lowest BCUT2D eigenvalue weighted by Gasteiger charge is -1.96. The van der Waals surface area contributed by atoms with Gasteiger partial charge in [0.1, 0.15) is 6.61 Å². The molecule has 0 atom stereocenters. The van der Waals surface area contributed by atoms with E-state index in [1.807, 2.05) is 0 Å². The molecule has 0 radical (unpaired) electrons. The van der Waals surface area contributed by atoms with E-state index in [1.54, 1.807) is 18.2 Å². The van der Waals surface area contributed by atoms with Crippen LogP contribution >= 0.6 is 0 Å². The number of carbonyl (C=O) groups excluding carboxylic acids is 1. The molecule has 1 heterocycles. The van der Waals surface area contributed by atoms with Gasteiger partial charge in [-0.2, -0.15) is 4.89 Å².